The van der Waals surface area contributed by atoms with Gasteiger partial charge >= 0.3 is 0 Å². The number of ether oxygens (including phenoxy) is 2. The maximum absolute atomic E-state index is 5.87. The highest BCUT2D eigenvalue weighted by Gasteiger charge is 2.23. The van der Waals surface area contributed by atoms with E-state index in [-0.39, 0.29) is 6.10 Å². The van der Waals surface area contributed by atoms with Crippen molar-refractivity contribution < 1.29 is 9.47 Å². The van der Waals surface area contributed by atoms with Gasteiger partial charge in [0.1, 0.15) is 12.7 Å². The Bertz CT molecular complexity index is 377. The van der Waals surface area contributed by atoms with Crippen LogP contribution in [0.5, 0.6) is 11.5 Å². The van der Waals surface area contributed by atoms with Gasteiger partial charge in [0.25, 0.3) is 0 Å². The van der Waals surface area contributed by atoms with E-state index in [0.29, 0.717) is 29.5 Å². The molecule has 4 nitrogen and oxygen atoms in total. The predicted octanol–water partition coefficient (Wildman–Crippen LogP) is 1.32. The third-order valence-corrected chi connectivity index (χ3v) is 2.29. The molecule has 14 heavy (non-hydrogen) atoms. The van der Waals surface area contributed by atoms with Gasteiger partial charge < -0.3 is 20.9 Å². The largest absolute Gasteiger partial charge is 0.484 e. The van der Waals surface area contributed by atoms with Crippen molar-refractivity contribution in [2.45, 2.75) is 20.0 Å². The average molecular weight is 194 g/mol. The molecule has 0 aromatic heterocycles. The Balaban J connectivity index is 2.57. The highest BCUT2D eigenvalue weighted by molar-refractivity contribution is 5.74. The van der Waals surface area contributed by atoms with Gasteiger partial charge in [-0.3, -0.25) is 0 Å². The number of nitrogen functional groups attached to an aromatic ring is 2. The lowest BCUT2D eigenvalue weighted by Gasteiger charge is -2.26. The molecule has 2 rings (SSSR count). The summed E-state index contributed by atoms with van der Waals surface area (Å²) in [7, 11) is 0. The Kier molecular flexibility index (Phi) is 1.91. The third kappa shape index (κ3) is 1.23. The van der Waals surface area contributed by atoms with E-state index < -0.39 is 0 Å². The number of fused-ring (bicyclic) bond motifs is 1. The summed E-state index contributed by atoms with van der Waals surface area (Å²) in [5, 5.41) is 0. The molecule has 76 valence electrons. The molecule has 1 heterocycles. The summed E-state index contributed by atoms with van der Waals surface area (Å²) in [4.78, 5) is 0. The van der Waals surface area contributed by atoms with E-state index in [4.69, 9.17) is 20.9 Å². The van der Waals surface area contributed by atoms with Crippen molar-refractivity contribution in [1.82, 2.24) is 0 Å². The summed E-state index contributed by atoms with van der Waals surface area (Å²) in [6.45, 7) is 4.34. The van der Waals surface area contributed by atoms with Gasteiger partial charge in [-0.1, -0.05) is 0 Å². The van der Waals surface area contributed by atoms with Gasteiger partial charge in [0.2, 0.25) is 0 Å². The zero-order valence-corrected chi connectivity index (χ0v) is 8.33. The average Bonchev–Trinajstić information content (AvgIpc) is 2.14. The molecule has 1 atom stereocenters. The molecule has 0 aliphatic carbocycles. The molecule has 0 spiro atoms. The monoisotopic (exact) mass is 194 g/mol. The predicted molar refractivity (Wildman–Crippen MR) is 55.6 cm³/mol. The van der Waals surface area contributed by atoms with Crippen molar-refractivity contribution in [3.63, 3.8) is 0 Å². The maximum Gasteiger partial charge on any atom is 0.187 e. The van der Waals surface area contributed by atoms with Crippen LogP contribution in [0.2, 0.25) is 0 Å². The molecule has 4 N–H and O–H groups in total. The van der Waals surface area contributed by atoms with Gasteiger partial charge in [-0.25, -0.2) is 0 Å². The zero-order chi connectivity index (χ0) is 10.3. The zero-order valence-electron chi connectivity index (χ0n) is 8.33. The van der Waals surface area contributed by atoms with Crippen LogP contribution in [0.15, 0.2) is 6.07 Å². The van der Waals surface area contributed by atoms with Gasteiger partial charge in [-0.2, -0.15) is 0 Å². The molecule has 0 saturated heterocycles. The van der Waals surface area contributed by atoms with Crippen molar-refractivity contribution in [2.75, 3.05) is 18.1 Å². The smallest absolute Gasteiger partial charge is 0.187 e. The Morgan fingerprint density at radius 1 is 1.36 bits per heavy atom. The number of benzene rings is 1. The van der Waals surface area contributed by atoms with Gasteiger partial charge in [-0.05, 0) is 25.5 Å². The Labute approximate surface area is 82.8 Å². The number of rotatable bonds is 0. The summed E-state index contributed by atoms with van der Waals surface area (Å²) in [5.41, 5.74) is 13.8. The minimum absolute atomic E-state index is 0.0194. The maximum atomic E-state index is 5.87. The lowest BCUT2D eigenvalue weighted by Crippen LogP contribution is -2.27. The van der Waals surface area contributed by atoms with Crippen LogP contribution in [0.1, 0.15) is 12.5 Å². The molecule has 0 radical (unpaired) electrons. The highest BCUT2D eigenvalue weighted by Crippen LogP contribution is 2.43. The first-order valence-corrected chi connectivity index (χ1v) is 4.57. The number of nitrogens with two attached hydrogens (primary N) is 2. The van der Waals surface area contributed by atoms with E-state index in [2.05, 4.69) is 0 Å². The lowest BCUT2D eigenvalue weighted by molar-refractivity contribution is 0.106. The molecule has 0 amide bonds. The van der Waals surface area contributed by atoms with Crippen molar-refractivity contribution >= 4 is 11.4 Å². The number of hydrogen-bond donors (Lipinski definition) is 2. The van der Waals surface area contributed by atoms with E-state index in [1.165, 1.54) is 0 Å². The fourth-order valence-corrected chi connectivity index (χ4v) is 1.51. The van der Waals surface area contributed by atoms with Crippen molar-refractivity contribution in [3.8, 4) is 11.5 Å². The minimum Gasteiger partial charge on any atom is -0.484 e. The Morgan fingerprint density at radius 2 is 2.07 bits per heavy atom. The summed E-state index contributed by atoms with van der Waals surface area (Å²) < 4.78 is 11.1. The molecule has 4 heteroatoms. The SMILES string of the molecule is Cc1cc(N)c2c(c1N)OC(C)CO2. The van der Waals surface area contributed by atoms with Crippen LogP contribution in [0, 0.1) is 6.92 Å². The van der Waals surface area contributed by atoms with Crippen molar-refractivity contribution in [3.05, 3.63) is 11.6 Å². The minimum atomic E-state index is 0.0194. The second kappa shape index (κ2) is 2.97. The first kappa shape index (κ1) is 8.99. The second-order valence-electron chi connectivity index (χ2n) is 3.59. The Hall–Kier alpha value is -1.58. The molecule has 0 saturated carbocycles. The molecular formula is C10H14N2O2. The molecule has 0 bridgehead atoms. The number of aryl methyl sites for hydroxylation is 1. The van der Waals surface area contributed by atoms with Crippen LogP contribution in [0.25, 0.3) is 0 Å². The normalized spacial score (nSPS) is 19.4. The van der Waals surface area contributed by atoms with Crippen molar-refractivity contribution in [2.24, 2.45) is 0 Å². The molecular weight excluding hydrogens is 180 g/mol. The summed E-state index contributed by atoms with van der Waals surface area (Å²) in [6, 6.07) is 1.80. The fourth-order valence-electron chi connectivity index (χ4n) is 1.51. The van der Waals surface area contributed by atoms with Crippen LogP contribution in [0.3, 0.4) is 0 Å². The summed E-state index contributed by atoms with van der Waals surface area (Å²) in [5.74, 6) is 1.16. The topological polar surface area (TPSA) is 70.5 Å². The second-order valence-corrected chi connectivity index (χ2v) is 3.59. The van der Waals surface area contributed by atoms with Crippen LogP contribution in [-0.4, -0.2) is 12.7 Å². The van der Waals surface area contributed by atoms with E-state index in [1.807, 2.05) is 13.8 Å². The van der Waals surface area contributed by atoms with E-state index >= 15 is 0 Å². The lowest BCUT2D eigenvalue weighted by atomic mass is 10.1. The van der Waals surface area contributed by atoms with Gasteiger partial charge in [0.15, 0.2) is 11.5 Å². The molecule has 1 aliphatic heterocycles. The Morgan fingerprint density at radius 3 is 2.79 bits per heavy atom. The highest BCUT2D eigenvalue weighted by atomic mass is 16.6. The van der Waals surface area contributed by atoms with Crippen LogP contribution < -0.4 is 20.9 Å². The quantitative estimate of drug-likeness (QED) is 0.611. The standard InChI is InChI=1S/C10H14N2O2/c1-5-3-7(11)9-10(8(5)12)14-6(2)4-13-9/h3,6H,4,11-12H2,1-2H3. The third-order valence-electron chi connectivity index (χ3n) is 2.29. The molecule has 0 fully saturated rings. The summed E-state index contributed by atoms with van der Waals surface area (Å²) >= 11 is 0. The molecule has 1 aromatic rings. The van der Waals surface area contributed by atoms with E-state index in [0.717, 1.165) is 5.56 Å². The van der Waals surface area contributed by atoms with Crippen molar-refractivity contribution in [1.29, 1.82) is 0 Å². The van der Waals surface area contributed by atoms with Gasteiger partial charge in [0.05, 0.1) is 11.4 Å². The van der Waals surface area contributed by atoms with Gasteiger partial charge in [0, 0.05) is 0 Å². The number of anilines is 2. The molecule has 1 aliphatic rings. The molecule has 1 aromatic carbocycles. The fraction of sp³-hybridized carbons (Fsp3) is 0.400. The van der Waals surface area contributed by atoms with Crippen LogP contribution in [-0.2, 0) is 0 Å². The summed E-state index contributed by atoms with van der Waals surface area (Å²) in [6.07, 6.45) is 0.0194. The number of hydrogen-bond acceptors (Lipinski definition) is 4. The first-order valence-electron chi connectivity index (χ1n) is 4.57. The van der Waals surface area contributed by atoms with E-state index in [9.17, 15) is 0 Å². The van der Waals surface area contributed by atoms with Crippen LogP contribution >= 0.6 is 0 Å². The van der Waals surface area contributed by atoms with Crippen LogP contribution in [0.4, 0.5) is 11.4 Å². The van der Waals surface area contributed by atoms with Gasteiger partial charge in [-0.15, -0.1) is 0 Å². The first-order chi connectivity index (χ1) is 6.59. The molecule has 1 unspecified atom stereocenters. The van der Waals surface area contributed by atoms with E-state index in [1.54, 1.807) is 6.07 Å².